The molecule has 0 aliphatic heterocycles. The van der Waals surface area contributed by atoms with Crippen molar-refractivity contribution in [3.63, 3.8) is 0 Å². The summed E-state index contributed by atoms with van der Waals surface area (Å²) in [5.74, 6) is 0.497. The van der Waals surface area contributed by atoms with Gasteiger partial charge in [-0.15, -0.1) is 11.3 Å². The summed E-state index contributed by atoms with van der Waals surface area (Å²) in [6.45, 7) is 11.0. The fourth-order valence-corrected chi connectivity index (χ4v) is 5.49. The van der Waals surface area contributed by atoms with Crippen LogP contribution < -0.4 is 11.1 Å². The van der Waals surface area contributed by atoms with Crippen molar-refractivity contribution >= 4 is 38.8 Å². The van der Waals surface area contributed by atoms with Crippen LogP contribution in [-0.4, -0.2) is 10.9 Å². The highest BCUT2D eigenvalue weighted by atomic mass is 32.1. The zero-order chi connectivity index (χ0) is 21.6. The molecule has 30 heavy (non-hydrogen) atoms. The molecule has 1 aliphatic rings. The Kier molecular flexibility index (Phi) is 5.35. The molecule has 1 unspecified atom stereocenters. The van der Waals surface area contributed by atoms with Crippen LogP contribution in [0.2, 0.25) is 0 Å². The van der Waals surface area contributed by atoms with Gasteiger partial charge in [-0.3, -0.25) is 4.79 Å². The van der Waals surface area contributed by atoms with Crippen molar-refractivity contribution in [2.75, 3.05) is 11.1 Å². The van der Waals surface area contributed by atoms with E-state index in [-0.39, 0.29) is 5.91 Å². The van der Waals surface area contributed by atoms with Gasteiger partial charge in [0.1, 0.15) is 9.71 Å². The van der Waals surface area contributed by atoms with Crippen molar-refractivity contribution in [1.82, 2.24) is 4.98 Å². The van der Waals surface area contributed by atoms with Crippen molar-refractivity contribution in [3.05, 3.63) is 51.5 Å². The average molecular weight is 422 g/mol. The quantitative estimate of drug-likeness (QED) is 0.520. The molecule has 4 rings (SSSR count). The van der Waals surface area contributed by atoms with Crippen LogP contribution in [0.4, 0.5) is 11.4 Å². The Morgan fingerprint density at radius 1 is 1.30 bits per heavy atom. The number of thiophene rings is 1. The lowest BCUT2D eigenvalue weighted by molar-refractivity contribution is 0.103. The Morgan fingerprint density at radius 3 is 2.67 bits per heavy atom. The van der Waals surface area contributed by atoms with E-state index >= 15 is 0 Å². The van der Waals surface area contributed by atoms with Crippen LogP contribution >= 0.6 is 11.3 Å². The largest absolute Gasteiger partial charge is 0.397 e. The van der Waals surface area contributed by atoms with E-state index in [1.807, 2.05) is 32.0 Å². The second kappa shape index (κ2) is 7.69. The van der Waals surface area contributed by atoms with Gasteiger partial charge in [0.05, 0.1) is 5.69 Å². The number of nitrogens with one attached hydrogen (secondary N) is 1. The number of nitrogen functional groups attached to an aromatic ring is 1. The van der Waals surface area contributed by atoms with Crippen LogP contribution in [0.3, 0.4) is 0 Å². The van der Waals surface area contributed by atoms with Gasteiger partial charge in [-0.25, -0.2) is 4.98 Å². The molecule has 1 amide bonds. The second-order valence-corrected chi connectivity index (χ2v) is 10.3. The van der Waals surface area contributed by atoms with E-state index in [2.05, 4.69) is 32.2 Å². The van der Waals surface area contributed by atoms with Crippen LogP contribution in [0.15, 0.2) is 24.3 Å². The van der Waals surface area contributed by atoms with Crippen LogP contribution in [0.25, 0.3) is 10.2 Å². The molecule has 0 bridgehead atoms. The summed E-state index contributed by atoms with van der Waals surface area (Å²) in [7, 11) is 0. The lowest BCUT2D eigenvalue weighted by Crippen LogP contribution is -2.29. The van der Waals surface area contributed by atoms with Gasteiger partial charge in [-0.2, -0.15) is 0 Å². The number of carbonyl (C=O) groups excluding carboxylic acids is 1. The minimum Gasteiger partial charge on any atom is -0.397 e. The van der Waals surface area contributed by atoms with E-state index in [1.165, 1.54) is 35.4 Å². The lowest BCUT2D eigenvalue weighted by Gasteiger charge is -2.36. The van der Waals surface area contributed by atoms with Gasteiger partial charge < -0.3 is 11.1 Å². The minimum absolute atomic E-state index is 0.157. The first-order valence-electron chi connectivity index (χ1n) is 10.8. The average Bonchev–Trinajstić information content (AvgIpc) is 3.04. The first-order valence-corrected chi connectivity index (χ1v) is 11.6. The number of rotatable bonds is 4. The number of fused-ring (bicyclic) bond motifs is 2. The highest BCUT2D eigenvalue weighted by molar-refractivity contribution is 7.21. The number of hydrogen-bond acceptors (Lipinski definition) is 4. The molecule has 1 aromatic carbocycles. The summed E-state index contributed by atoms with van der Waals surface area (Å²) in [5, 5.41) is 3.98. The van der Waals surface area contributed by atoms with E-state index < -0.39 is 0 Å². The molecule has 2 heterocycles. The van der Waals surface area contributed by atoms with Crippen LogP contribution in [0, 0.1) is 25.2 Å². The van der Waals surface area contributed by atoms with Crippen molar-refractivity contribution in [3.8, 4) is 0 Å². The van der Waals surface area contributed by atoms with Crippen LogP contribution in [0.1, 0.15) is 65.7 Å². The van der Waals surface area contributed by atoms with Crippen LogP contribution in [0.5, 0.6) is 0 Å². The predicted molar refractivity (Wildman–Crippen MR) is 127 cm³/mol. The minimum atomic E-state index is -0.157. The normalized spacial score (nSPS) is 16.5. The molecule has 1 aliphatic carbocycles. The third kappa shape index (κ3) is 3.60. The summed E-state index contributed by atoms with van der Waals surface area (Å²) in [6.07, 6.45) is 4.39. The summed E-state index contributed by atoms with van der Waals surface area (Å²) in [4.78, 5) is 19.4. The summed E-state index contributed by atoms with van der Waals surface area (Å²) in [5.41, 5.74) is 12.7. The number of amides is 1. The Bertz CT molecular complexity index is 1110. The SMILES string of the molecule is CCC(C)(C)C1CCc2nc3sc(C(=O)Nc4c(C)cccc4C)c(N)c3cc2C1. The number of carbonyl (C=O) groups is 1. The Morgan fingerprint density at radius 2 is 2.00 bits per heavy atom. The van der Waals surface area contributed by atoms with Gasteiger partial charge in [0.2, 0.25) is 0 Å². The first kappa shape index (κ1) is 20.9. The highest BCUT2D eigenvalue weighted by Gasteiger charge is 2.32. The van der Waals surface area contributed by atoms with Crippen molar-refractivity contribution in [1.29, 1.82) is 0 Å². The number of anilines is 2. The molecule has 0 fully saturated rings. The van der Waals surface area contributed by atoms with Gasteiger partial charge in [0, 0.05) is 16.8 Å². The summed E-state index contributed by atoms with van der Waals surface area (Å²) >= 11 is 1.40. The zero-order valence-electron chi connectivity index (χ0n) is 18.6. The Balaban J connectivity index is 1.67. The van der Waals surface area contributed by atoms with Crippen molar-refractivity contribution in [2.24, 2.45) is 11.3 Å². The molecule has 0 spiro atoms. The number of para-hydroxylation sites is 1. The second-order valence-electron chi connectivity index (χ2n) is 9.29. The zero-order valence-corrected chi connectivity index (χ0v) is 19.4. The molecule has 3 aromatic rings. The third-order valence-corrected chi connectivity index (χ3v) is 8.14. The molecular formula is C25H31N3OS. The molecular weight excluding hydrogens is 390 g/mol. The monoisotopic (exact) mass is 421 g/mol. The van der Waals surface area contributed by atoms with Gasteiger partial charge in [0.15, 0.2) is 0 Å². The van der Waals surface area contributed by atoms with Crippen molar-refractivity contribution in [2.45, 2.75) is 60.3 Å². The summed E-state index contributed by atoms with van der Waals surface area (Å²) < 4.78 is 0. The van der Waals surface area contributed by atoms with E-state index in [0.29, 0.717) is 21.9 Å². The van der Waals surface area contributed by atoms with Gasteiger partial charge in [0.25, 0.3) is 5.91 Å². The molecule has 5 heteroatoms. The molecule has 0 saturated carbocycles. The Labute approximate surface area is 182 Å². The number of pyridine rings is 1. The molecule has 0 saturated heterocycles. The molecule has 3 N–H and O–H groups in total. The van der Waals surface area contributed by atoms with Gasteiger partial charge >= 0.3 is 0 Å². The highest BCUT2D eigenvalue weighted by Crippen LogP contribution is 2.42. The van der Waals surface area contributed by atoms with Crippen molar-refractivity contribution < 1.29 is 4.79 Å². The fourth-order valence-electron chi connectivity index (χ4n) is 4.50. The molecule has 158 valence electrons. The predicted octanol–water partition coefficient (Wildman–Crippen LogP) is 6.29. The van der Waals surface area contributed by atoms with E-state index in [0.717, 1.165) is 39.9 Å². The topological polar surface area (TPSA) is 68.0 Å². The maximum absolute atomic E-state index is 13.0. The van der Waals surface area contributed by atoms with Gasteiger partial charge in [-0.1, -0.05) is 45.4 Å². The number of nitrogens with two attached hydrogens (primary N) is 1. The number of nitrogens with zero attached hydrogens (tertiary/aromatic N) is 1. The molecule has 2 aromatic heterocycles. The smallest absolute Gasteiger partial charge is 0.267 e. The van der Waals surface area contributed by atoms with E-state index in [4.69, 9.17) is 10.7 Å². The standard InChI is InChI=1S/C25H31N3OS/c1-6-25(4,5)17-10-11-19-16(12-17)13-18-20(26)22(30-24(18)27-19)23(29)28-21-14(2)8-7-9-15(21)3/h7-9,13,17H,6,10-12,26H2,1-5H3,(H,28,29). The van der Waals surface area contributed by atoms with E-state index in [1.54, 1.807) is 0 Å². The first-order chi connectivity index (χ1) is 14.2. The van der Waals surface area contributed by atoms with Crippen LogP contribution in [-0.2, 0) is 12.8 Å². The number of benzene rings is 1. The third-order valence-electron chi connectivity index (χ3n) is 7.03. The van der Waals surface area contributed by atoms with Gasteiger partial charge in [-0.05, 0) is 67.2 Å². The molecule has 0 radical (unpaired) electrons. The Hall–Kier alpha value is -2.40. The maximum atomic E-state index is 13.0. The number of aromatic nitrogens is 1. The molecule has 1 atom stereocenters. The summed E-state index contributed by atoms with van der Waals surface area (Å²) in [6, 6.07) is 8.19. The maximum Gasteiger partial charge on any atom is 0.267 e. The molecule has 4 nitrogen and oxygen atoms in total. The lowest BCUT2D eigenvalue weighted by atomic mass is 9.69. The fraction of sp³-hybridized carbons (Fsp3) is 0.440. The van der Waals surface area contributed by atoms with E-state index in [9.17, 15) is 4.79 Å². The number of aryl methyl sites for hydroxylation is 3. The number of hydrogen-bond donors (Lipinski definition) is 2.